The summed E-state index contributed by atoms with van der Waals surface area (Å²) < 4.78 is 6.56. The van der Waals surface area contributed by atoms with Gasteiger partial charge < -0.3 is 10.1 Å². The Morgan fingerprint density at radius 2 is 1.88 bits per heavy atom. The molecule has 0 radical (unpaired) electrons. The quantitative estimate of drug-likeness (QED) is 0.768. The Kier molecular flexibility index (Phi) is 5.12. The summed E-state index contributed by atoms with van der Waals surface area (Å²) in [4.78, 5) is 23.8. The Hall–Kier alpha value is -3.41. The maximum absolute atomic E-state index is 12.4. The van der Waals surface area contributed by atoms with E-state index in [4.69, 9.17) is 4.74 Å². The van der Waals surface area contributed by atoms with Gasteiger partial charge in [-0.2, -0.15) is 5.10 Å². The van der Waals surface area contributed by atoms with Gasteiger partial charge in [0.05, 0.1) is 7.11 Å². The molecule has 0 aliphatic carbocycles. The molecule has 0 aliphatic heterocycles. The minimum absolute atomic E-state index is 0.174. The average Bonchev–Trinajstić information content (AvgIpc) is 2.65. The summed E-state index contributed by atoms with van der Waals surface area (Å²) in [5.74, 6) is 0.378. The number of hydrogen-bond acceptors (Lipinski definition) is 4. The molecular formula is C20H19N3O3. The number of ether oxygens (including phenoxy) is 1. The Labute approximate surface area is 151 Å². The summed E-state index contributed by atoms with van der Waals surface area (Å²) in [6.07, 6.45) is 0.686. The fourth-order valence-electron chi connectivity index (χ4n) is 2.63. The summed E-state index contributed by atoms with van der Waals surface area (Å²) in [6.45, 7) is 0. The van der Waals surface area contributed by atoms with Crippen LogP contribution < -0.4 is 15.6 Å². The highest BCUT2D eigenvalue weighted by Crippen LogP contribution is 2.25. The molecule has 0 bridgehead atoms. The SMILES string of the molecule is COc1ccc(NC(=O)c2ccc(=O)n(C)n2)cc1Cc1ccccc1. The summed E-state index contributed by atoms with van der Waals surface area (Å²) in [5.41, 5.74) is 2.65. The zero-order chi connectivity index (χ0) is 18.5. The van der Waals surface area contributed by atoms with Crippen LogP contribution in [0.15, 0.2) is 65.5 Å². The molecule has 132 valence electrons. The average molecular weight is 349 g/mol. The number of rotatable bonds is 5. The molecule has 1 aromatic heterocycles. The molecule has 1 heterocycles. The molecule has 0 atom stereocenters. The van der Waals surface area contributed by atoms with Crippen molar-refractivity contribution in [2.45, 2.75) is 6.42 Å². The van der Waals surface area contributed by atoms with Gasteiger partial charge >= 0.3 is 0 Å². The van der Waals surface area contributed by atoms with E-state index in [0.29, 0.717) is 12.1 Å². The van der Waals surface area contributed by atoms with Crippen LogP contribution in [0.4, 0.5) is 5.69 Å². The zero-order valence-electron chi connectivity index (χ0n) is 14.6. The van der Waals surface area contributed by atoms with E-state index in [1.54, 1.807) is 13.2 Å². The second-order valence-electron chi connectivity index (χ2n) is 5.82. The number of hydrogen-bond donors (Lipinski definition) is 1. The molecule has 0 spiro atoms. The van der Waals surface area contributed by atoms with Gasteiger partial charge in [0.1, 0.15) is 11.4 Å². The second kappa shape index (κ2) is 7.65. The van der Waals surface area contributed by atoms with Crippen molar-refractivity contribution in [2.75, 3.05) is 12.4 Å². The van der Waals surface area contributed by atoms with E-state index in [9.17, 15) is 9.59 Å². The van der Waals surface area contributed by atoms with Crippen molar-refractivity contribution in [3.05, 3.63) is 87.8 Å². The predicted octanol–water partition coefficient (Wildman–Crippen LogP) is 2.63. The molecule has 6 heteroatoms. The van der Waals surface area contributed by atoms with E-state index >= 15 is 0 Å². The van der Waals surface area contributed by atoms with Crippen LogP contribution in [0.25, 0.3) is 0 Å². The number of amides is 1. The Bertz CT molecular complexity index is 981. The number of aryl methyl sites for hydroxylation is 1. The number of carbonyl (C=O) groups is 1. The molecular weight excluding hydrogens is 330 g/mol. The second-order valence-corrected chi connectivity index (χ2v) is 5.82. The fraction of sp³-hybridized carbons (Fsp3) is 0.150. The standard InChI is InChI=1S/C20H19N3O3/c1-23-19(24)11-9-17(22-23)20(25)21-16-8-10-18(26-2)15(13-16)12-14-6-4-3-5-7-14/h3-11,13H,12H2,1-2H3,(H,21,25). The van der Waals surface area contributed by atoms with E-state index in [2.05, 4.69) is 10.4 Å². The predicted molar refractivity (Wildman–Crippen MR) is 99.7 cm³/mol. The fourth-order valence-corrected chi connectivity index (χ4v) is 2.63. The van der Waals surface area contributed by atoms with Gasteiger partial charge in [-0.25, -0.2) is 4.68 Å². The largest absolute Gasteiger partial charge is 0.496 e. The third-order valence-electron chi connectivity index (χ3n) is 3.97. The van der Waals surface area contributed by atoms with Crippen molar-refractivity contribution in [3.8, 4) is 5.75 Å². The molecule has 2 aromatic carbocycles. The van der Waals surface area contributed by atoms with Crippen molar-refractivity contribution >= 4 is 11.6 Å². The van der Waals surface area contributed by atoms with Crippen molar-refractivity contribution in [2.24, 2.45) is 7.05 Å². The normalized spacial score (nSPS) is 10.4. The monoisotopic (exact) mass is 349 g/mol. The molecule has 0 aliphatic rings. The summed E-state index contributed by atoms with van der Waals surface area (Å²) in [5, 5.41) is 6.77. The number of carbonyl (C=O) groups excluding carboxylic acids is 1. The molecule has 3 rings (SSSR count). The number of benzene rings is 2. The lowest BCUT2D eigenvalue weighted by Gasteiger charge is -2.12. The van der Waals surface area contributed by atoms with Crippen molar-refractivity contribution in [1.82, 2.24) is 9.78 Å². The summed E-state index contributed by atoms with van der Waals surface area (Å²) in [6, 6.07) is 18.2. The first-order valence-electron chi connectivity index (χ1n) is 8.13. The van der Waals surface area contributed by atoms with Crippen LogP contribution in [0.3, 0.4) is 0 Å². The van der Waals surface area contributed by atoms with E-state index < -0.39 is 0 Å². The zero-order valence-corrected chi connectivity index (χ0v) is 14.6. The van der Waals surface area contributed by atoms with Crippen LogP contribution in [0.5, 0.6) is 5.75 Å². The van der Waals surface area contributed by atoms with Gasteiger partial charge in [-0.1, -0.05) is 30.3 Å². The number of nitrogens with zero attached hydrogens (tertiary/aromatic N) is 2. The van der Waals surface area contributed by atoms with E-state index in [-0.39, 0.29) is 17.2 Å². The number of methoxy groups -OCH3 is 1. The third kappa shape index (κ3) is 3.97. The Morgan fingerprint density at radius 3 is 2.58 bits per heavy atom. The Morgan fingerprint density at radius 1 is 1.12 bits per heavy atom. The lowest BCUT2D eigenvalue weighted by atomic mass is 10.0. The van der Waals surface area contributed by atoms with Gasteiger partial charge in [-0.05, 0) is 29.8 Å². The maximum Gasteiger partial charge on any atom is 0.276 e. The van der Waals surface area contributed by atoms with Gasteiger partial charge in [0, 0.05) is 30.8 Å². The molecule has 0 unspecified atom stereocenters. The smallest absolute Gasteiger partial charge is 0.276 e. The first kappa shape index (κ1) is 17.4. The minimum atomic E-state index is -0.378. The molecule has 1 N–H and O–H groups in total. The van der Waals surface area contributed by atoms with Crippen LogP contribution in [-0.2, 0) is 13.5 Å². The molecule has 3 aromatic rings. The van der Waals surface area contributed by atoms with Gasteiger partial charge in [0.2, 0.25) is 0 Å². The van der Waals surface area contributed by atoms with Crippen molar-refractivity contribution in [1.29, 1.82) is 0 Å². The van der Waals surface area contributed by atoms with Gasteiger partial charge in [-0.3, -0.25) is 9.59 Å². The highest BCUT2D eigenvalue weighted by Gasteiger charge is 2.11. The van der Waals surface area contributed by atoms with Crippen LogP contribution >= 0.6 is 0 Å². The highest BCUT2D eigenvalue weighted by atomic mass is 16.5. The van der Waals surface area contributed by atoms with Crippen LogP contribution in [-0.4, -0.2) is 22.8 Å². The van der Waals surface area contributed by atoms with Gasteiger partial charge in [0.15, 0.2) is 0 Å². The highest BCUT2D eigenvalue weighted by molar-refractivity contribution is 6.02. The number of anilines is 1. The summed E-state index contributed by atoms with van der Waals surface area (Å²) in [7, 11) is 3.13. The molecule has 0 saturated heterocycles. The van der Waals surface area contributed by atoms with Gasteiger partial charge in [0.25, 0.3) is 11.5 Å². The lowest BCUT2D eigenvalue weighted by Crippen LogP contribution is -2.23. The van der Waals surface area contributed by atoms with E-state index in [0.717, 1.165) is 21.6 Å². The molecule has 26 heavy (non-hydrogen) atoms. The minimum Gasteiger partial charge on any atom is -0.496 e. The first-order chi connectivity index (χ1) is 12.6. The lowest BCUT2D eigenvalue weighted by molar-refractivity contribution is 0.102. The molecule has 0 fully saturated rings. The van der Waals surface area contributed by atoms with Crippen LogP contribution in [0.1, 0.15) is 21.6 Å². The first-order valence-corrected chi connectivity index (χ1v) is 8.13. The van der Waals surface area contributed by atoms with Crippen molar-refractivity contribution < 1.29 is 9.53 Å². The molecule has 0 saturated carbocycles. The van der Waals surface area contributed by atoms with Crippen molar-refractivity contribution in [3.63, 3.8) is 0 Å². The third-order valence-corrected chi connectivity index (χ3v) is 3.97. The van der Waals surface area contributed by atoms with Crippen LogP contribution in [0, 0.1) is 0 Å². The summed E-state index contributed by atoms with van der Waals surface area (Å²) >= 11 is 0. The maximum atomic E-state index is 12.4. The number of aromatic nitrogens is 2. The number of nitrogens with one attached hydrogen (secondary N) is 1. The van der Waals surface area contributed by atoms with E-state index in [1.165, 1.54) is 19.2 Å². The topological polar surface area (TPSA) is 73.2 Å². The van der Waals surface area contributed by atoms with Crippen LogP contribution in [0.2, 0.25) is 0 Å². The van der Waals surface area contributed by atoms with E-state index in [1.807, 2.05) is 42.5 Å². The molecule has 6 nitrogen and oxygen atoms in total. The Balaban J connectivity index is 1.83. The van der Waals surface area contributed by atoms with Gasteiger partial charge in [-0.15, -0.1) is 0 Å². The molecule has 1 amide bonds.